The summed E-state index contributed by atoms with van der Waals surface area (Å²) in [6, 6.07) is 10.1. The van der Waals surface area contributed by atoms with Gasteiger partial charge < -0.3 is 9.16 Å². The molecule has 2 radical (unpaired) electrons. The Morgan fingerprint density at radius 2 is 2.00 bits per heavy atom. The summed E-state index contributed by atoms with van der Waals surface area (Å²) in [7, 11) is 0.377. The molecule has 0 aliphatic rings. The Bertz CT molecular complexity index is 249. The van der Waals surface area contributed by atoms with E-state index in [0.29, 0.717) is 29.6 Å². The van der Waals surface area contributed by atoms with Crippen LogP contribution in [0.25, 0.3) is 0 Å². The first kappa shape index (κ1) is 11.2. The molecule has 0 aliphatic heterocycles. The molecular weight excluding hydrogens is 192 g/mol. The minimum Gasteiger partial charge on any atom is -0.410 e. The van der Waals surface area contributed by atoms with E-state index in [2.05, 4.69) is 6.58 Å². The van der Waals surface area contributed by atoms with E-state index in [1.165, 1.54) is 5.56 Å². The van der Waals surface area contributed by atoms with E-state index in [0.717, 1.165) is 0 Å². The van der Waals surface area contributed by atoms with Crippen LogP contribution in [0.2, 0.25) is 0 Å². The molecule has 2 nitrogen and oxygen atoms in total. The van der Waals surface area contributed by atoms with Crippen LogP contribution in [0.3, 0.4) is 0 Å². The summed E-state index contributed by atoms with van der Waals surface area (Å²) in [5.41, 5.74) is 2.95. The van der Waals surface area contributed by atoms with Crippen LogP contribution in [0.1, 0.15) is 5.56 Å². The monoisotopic (exact) mass is 206 g/mol. The first-order valence-electron chi connectivity index (χ1n) is 4.53. The summed E-state index contributed by atoms with van der Waals surface area (Å²) in [4.78, 5) is 0. The Labute approximate surface area is 87.5 Å². The van der Waals surface area contributed by atoms with Crippen LogP contribution >= 0.6 is 0 Å². The van der Waals surface area contributed by atoms with Crippen molar-refractivity contribution >= 4 is 9.76 Å². The van der Waals surface area contributed by atoms with Crippen LogP contribution in [0, 0.1) is 0 Å². The predicted octanol–water partition coefficient (Wildman–Crippen LogP) is 1.98. The van der Waals surface area contributed by atoms with Crippen molar-refractivity contribution in [3.63, 3.8) is 0 Å². The Kier molecular flexibility index (Phi) is 5.98. The van der Waals surface area contributed by atoms with Gasteiger partial charge in [0.05, 0.1) is 19.8 Å². The lowest BCUT2D eigenvalue weighted by atomic mass is 10.2. The van der Waals surface area contributed by atoms with Crippen molar-refractivity contribution in [3.8, 4) is 0 Å². The van der Waals surface area contributed by atoms with Crippen molar-refractivity contribution < 1.29 is 9.16 Å². The highest BCUT2D eigenvalue weighted by molar-refractivity contribution is 6.33. The van der Waals surface area contributed by atoms with E-state index in [9.17, 15) is 0 Å². The van der Waals surface area contributed by atoms with Crippen LogP contribution in [0.5, 0.6) is 0 Å². The van der Waals surface area contributed by atoms with Gasteiger partial charge in [0, 0.05) is 0 Å². The fourth-order valence-electron chi connectivity index (χ4n) is 0.983. The average molecular weight is 206 g/mol. The van der Waals surface area contributed by atoms with Crippen LogP contribution in [-0.4, -0.2) is 23.0 Å². The summed E-state index contributed by atoms with van der Waals surface area (Å²) in [5, 5.41) is 0. The van der Waals surface area contributed by atoms with Gasteiger partial charge in [-0.3, -0.25) is 0 Å². The zero-order chi connectivity index (χ0) is 10.1. The normalized spacial score (nSPS) is 10.0. The van der Waals surface area contributed by atoms with Crippen molar-refractivity contribution in [2.75, 3.05) is 13.2 Å². The molecule has 0 aromatic heterocycles. The van der Waals surface area contributed by atoms with Crippen LogP contribution in [-0.2, 0) is 15.8 Å². The molecule has 0 unspecified atom stereocenters. The topological polar surface area (TPSA) is 18.5 Å². The third-order valence-electron chi connectivity index (χ3n) is 1.61. The second-order valence-electron chi connectivity index (χ2n) is 2.71. The predicted molar refractivity (Wildman–Crippen MR) is 58.0 cm³/mol. The molecule has 1 aromatic carbocycles. The maximum absolute atomic E-state index is 5.41. The Morgan fingerprint density at radius 1 is 1.21 bits per heavy atom. The van der Waals surface area contributed by atoms with E-state index in [1.807, 2.05) is 30.3 Å². The highest BCUT2D eigenvalue weighted by Crippen LogP contribution is 1.99. The zero-order valence-electron chi connectivity index (χ0n) is 8.11. The summed E-state index contributed by atoms with van der Waals surface area (Å²) >= 11 is 0. The second kappa shape index (κ2) is 7.50. The molecule has 0 saturated carbocycles. The number of hydrogen-bond donors (Lipinski definition) is 0. The molecule has 3 heteroatoms. The average Bonchev–Trinajstić information content (AvgIpc) is 2.25. The maximum atomic E-state index is 5.41. The lowest BCUT2D eigenvalue weighted by molar-refractivity contribution is 0.0908. The SMILES string of the molecule is C=C[Si]OCCOCc1ccccc1. The number of ether oxygens (including phenoxy) is 1. The van der Waals surface area contributed by atoms with E-state index in [4.69, 9.17) is 9.16 Å². The number of rotatable bonds is 7. The quantitative estimate of drug-likeness (QED) is 0.502. The van der Waals surface area contributed by atoms with E-state index >= 15 is 0 Å². The van der Waals surface area contributed by atoms with Gasteiger partial charge in [0.25, 0.3) is 9.76 Å². The van der Waals surface area contributed by atoms with Gasteiger partial charge in [-0.1, -0.05) is 36.0 Å². The molecule has 0 saturated heterocycles. The molecule has 0 atom stereocenters. The summed E-state index contributed by atoms with van der Waals surface area (Å²) in [5.74, 6) is 0. The molecule has 74 valence electrons. The summed E-state index contributed by atoms with van der Waals surface area (Å²) < 4.78 is 10.6. The van der Waals surface area contributed by atoms with Gasteiger partial charge in [-0.2, -0.15) is 0 Å². The van der Waals surface area contributed by atoms with Gasteiger partial charge in [-0.15, -0.1) is 6.58 Å². The second-order valence-corrected chi connectivity index (χ2v) is 3.64. The van der Waals surface area contributed by atoms with Gasteiger partial charge in [-0.25, -0.2) is 0 Å². The van der Waals surface area contributed by atoms with Gasteiger partial charge in [-0.05, 0) is 5.56 Å². The third kappa shape index (κ3) is 4.96. The number of hydrogen-bond acceptors (Lipinski definition) is 2. The highest BCUT2D eigenvalue weighted by Gasteiger charge is 1.91. The first-order chi connectivity index (χ1) is 6.93. The standard InChI is InChI=1S/C11H14O2Si/c1-2-14-13-9-8-12-10-11-6-4-3-5-7-11/h2-7H,1,8-10H2. The molecule has 14 heavy (non-hydrogen) atoms. The molecule has 0 amide bonds. The molecule has 1 rings (SSSR count). The van der Waals surface area contributed by atoms with Gasteiger partial charge in [0.1, 0.15) is 0 Å². The first-order valence-corrected chi connectivity index (χ1v) is 5.52. The molecule has 0 aliphatic carbocycles. The maximum Gasteiger partial charge on any atom is 0.260 e. The molecule has 0 heterocycles. The Balaban J connectivity index is 2.02. The Hall–Kier alpha value is -0.903. The Morgan fingerprint density at radius 3 is 2.71 bits per heavy atom. The number of benzene rings is 1. The fraction of sp³-hybridized carbons (Fsp3) is 0.273. The molecule has 0 fully saturated rings. The fourth-order valence-corrected chi connectivity index (χ4v) is 1.30. The summed E-state index contributed by atoms with van der Waals surface area (Å²) in [6.45, 7) is 5.50. The van der Waals surface area contributed by atoms with Crippen molar-refractivity contribution in [2.45, 2.75) is 6.61 Å². The minimum absolute atomic E-state index is 0.377. The highest BCUT2D eigenvalue weighted by atomic mass is 28.2. The summed E-state index contributed by atoms with van der Waals surface area (Å²) in [6.07, 6.45) is 0. The zero-order valence-corrected chi connectivity index (χ0v) is 9.11. The van der Waals surface area contributed by atoms with Gasteiger partial charge in [0.2, 0.25) is 0 Å². The van der Waals surface area contributed by atoms with Crippen LogP contribution in [0.15, 0.2) is 42.6 Å². The third-order valence-corrected chi connectivity index (χ3v) is 2.15. The lowest BCUT2D eigenvalue weighted by Gasteiger charge is -2.03. The van der Waals surface area contributed by atoms with Gasteiger partial charge >= 0.3 is 0 Å². The molecule has 1 aromatic rings. The minimum atomic E-state index is 0.377. The van der Waals surface area contributed by atoms with E-state index in [-0.39, 0.29) is 0 Å². The molecule has 0 bridgehead atoms. The molecular formula is C11H14O2Si. The van der Waals surface area contributed by atoms with E-state index < -0.39 is 0 Å². The molecule has 0 N–H and O–H groups in total. The van der Waals surface area contributed by atoms with Crippen molar-refractivity contribution in [1.29, 1.82) is 0 Å². The van der Waals surface area contributed by atoms with Crippen LogP contribution < -0.4 is 0 Å². The van der Waals surface area contributed by atoms with Crippen LogP contribution in [0.4, 0.5) is 0 Å². The van der Waals surface area contributed by atoms with Crippen molar-refractivity contribution in [3.05, 3.63) is 48.2 Å². The van der Waals surface area contributed by atoms with Crippen molar-refractivity contribution in [2.24, 2.45) is 0 Å². The van der Waals surface area contributed by atoms with Gasteiger partial charge in [0.15, 0.2) is 0 Å². The van der Waals surface area contributed by atoms with E-state index in [1.54, 1.807) is 5.70 Å². The van der Waals surface area contributed by atoms with Crippen molar-refractivity contribution in [1.82, 2.24) is 0 Å². The largest absolute Gasteiger partial charge is 0.410 e. The lowest BCUT2D eigenvalue weighted by Crippen LogP contribution is -2.05. The smallest absolute Gasteiger partial charge is 0.260 e. The molecule has 0 spiro atoms.